The zero-order chi connectivity index (χ0) is 20.5. The van der Waals surface area contributed by atoms with E-state index in [1.165, 1.54) is 12.1 Å². The van der Waals surface area contributed by atoms with Gasteiger partial charge in [-0.2, -0.15) is 5.10 Å². The molecule has 3 aromatic rings. The minimum Gasteiger partial charge on any atom is -0.479 e. The Balaban J connectivity index is 2.13. The number of carboxylic acids is 1. The van der Waals surface area contributed by atoms with Crippen LogP contribution >= 0.6 is 0 Å². The minimum absolute atomic E-state index is 0.309. The van der Waals surface area contributed by atoms with Crippen molar-refractivity contribution in [1.82, 2.24) is 25.7 Å². The van der Waals surface area contributed by atoms with E-state index in [1.54, 1.807) is 44.2 Å². The molecule has 148 valence electrons. The van der Waals surface area contributed by atoms with Crippen molar-refractivity contribution in [3.63, 3.8) is 0 Å². The Labute approximate surface area is 162 Å². The molecule has 0 amide bonds. The van der Waals surface area contributed by atoms with Crippen molar-refractivity contribution >= 4 is 16.9 Å². The van der Waals surface area contributed by atoms with E-state index in [2.05, 4.69) is 21.0 Å². The van der Waals surface area contributed by atoms with Gasteiger partial charge >= 0.3 is 5.97 Å². The van der Waals surface area contributed by atoms with Crippen molar-refractivity contribution < 1.29 is 14.3 Å². The summed E-state index contributed by atoms with van der Waals surface area (Å²) < 4.78 is 14.9. The first-order valence-corrected chi connectivity index (χ1v) is 8.87. The number of aromatic nitrogens is 2. The number of aliphatic carboxylic acids is 1. The number of hydrogen-bond acceptors (Lipinski definition) is 5. The molecule has 1 atom stereocenters. The van der Waals surface area contributed by atoms with Gasteiger partial charge in [0, 0.05) is 5.39 Å². The third kappa shape index (κ3) is 2.86. The van der Waals surface area contributed by atoms with E-state index in [1.807, 2.05) is 25.1 Å². The summed E-state index contributed by atoms with van der Waals surface area (Å²) in [5.74, 6) is -1.34. The number of likely N-dealkylation sites (N-methyl/N-ethyl adjacent to an activating group) is 3. The number of rotatable bonds is 7. The number of hydrogen-bond donors (Lipinski definition) is 4. The fraction of sp³-hybridized carbons (Fsp3) is 0.300. The van der Waals surface area contributed by atoms with Gasteiger partial charge in [0.25, 0.3) is 0 Å². The second-order valence-corrected chi connectivity index (χ2v) is 6.74. The molecule has 0 fully saturated rings. The summed E-state index contributed by atoms with van der Waals surface area (Å²) in [5, 5.41) is 24.2. The fourth-order valence-corrected chi connectivity index (χ4v) is 3.73. The molecule has 0 spiro atoms. The molecule has 2 aromatic carbocycles. The van der Waals surface area contributed by atoms with E-state index < -0.39 is 17.2 Å². The maximum absolute atomic E-state index is 13.2. The van der Waals surface area contributed by atoms with E-state index in [9.17, 15) is 14.3 Å². The van der Waals surface area contributed by atoms with Crippen molar-refractivity contribution in [1.29, 1.82) is 0 Å². The van der Waals surface area contributed by atoms with Gasteiger partial charge in [0.2, 0.25) is 0 Å². The van der Waals surface area contributed by atoms with Crippen LogP contribution < -0.4 is 16.0 Å². The summed E-state index contributed by atoms with van der Waals surface area (Å²) in [6.07, 6.45) is 1.71. The number of nitrogens with zero attached hydrogens (tertiary/aromatic N) is 2. The molecular formula is C20H24FN5O2. The van der Waals surface area contributed by atoms with Gasteiger partial charge in [-0.1, -0.05) is 6.07 Å². The van der Waals surface area contributed by atoms with Gasteiger partial charge < -0.3 is 10.4 Å². The molecule has 8 heteroatoms. The van der Waals surface area contributed by atoms with Crippen molar-refractivity contribution in [2.75, 3.05) is 21.1 Å². The highest BCUT2D eigenvalue weighted by atomic mass is 19.1. The van der Waals surface area contributed by atoms with Crippen molar-refractivity contribution in [3.8, 4) is 5.69 Å². The van der Waals surface area contributed by atoms with Gasteiger partial charge in [0.05, 0.1) is 22.9 Å². The Morgan fingerprint density at radius 1 is 1.07 bits per heavy atom. The molecular weight excluding hydrogens is 361 g/mol. The highest BCUT2D eigenvalue weighted by molar-refractivity contribution is 5.84. The Kier molecular flexibility index (Phi) is 5.20. The first kappa shape index (κ1) is 19.9. The number of benzene rings is 2. The van der Waals surface area contributed by atoms with Crippen LogP contribution in [0.15, 0.2) is 48.7 Å². The normalized spacial score (nSPS) is 14.2. The molecule has 7 nitrogen and oxygen atoms in total. The van der Waals surface area contributed by atoms with Crippen LogP contribution in [0.4, 0.5) is 4.39 Å². The summed E-state index contributed by atoms with van der Waals surface area (Å²) in [4.78, 5) is 12.1. The Morgan fingerprint density at radius 2 is 1.71 bits per heavy atom. The zero-order valence-electron chi connectivity index (χ0n) is 16.2. The van der Waals surface area contributed by atoms with Gasteiger partial charge in [-0.15, -0.1) is 0 Å². The Morgan fingerprint density at radius 3 is 2.25 bits per heavy atom. The van der Waals surface area contributed by atoms with Crippen LogP contribution in [-0.4, -0.2) is 47.7 Å². The molecule has 3 rings (SSSR count). The number of carbonyl (C=O) groups is 1. The van der Waals surface area contributed by atoms with Gasteiger partial charge in [-0.05, 0) is 70.0 Å². The first-order chi connectivity index (χ1) is 13.3. The lowest BCUT2D eigenvalue weighted by molar-refractivity contribution is -0.150. The highest BCUT2D eigenvalue weighted by Crippen LogP contribution is 2.33. The quantitative estimate of drug-likeness (QED) is 0.464. The molecule has 0 saturated heterocycles. The van der Waals surface area contributed by atoms with Crippen molar-refractivity contribution in [3.05, 3.63) is 60.0 Å². The monoisotopic (exact) mass is 385 g/mol. The average Bonchev–Trinajstić information content (AvgIpc) is 3.12. The van der Waals surface area contributed by atoms with E-state index >= 15 is 0 Å². The van der Waals surface area contributed by atoms with Crippen LogP contribution in [0.1, 0.15) is 12.5 Å². The van der Waals surface area contributed by atoms with Crippen molar-refractivity contribution in [2.45, 2.75) is 18.1 Å². The van der Waals surface area contributed by atoms with Crippen LogP contribution in [-0.2, 0) is 10.3 Å². The summed E-state index contributed by atoms with van der Waals surface area (Å²) >= 11 is 0. The predicted molar refractivity (Wildman–Crippen MR) is 106 cm³/mol. The minimum atomic E-state index is -1.44. The van der Waals surface area contributed by atoms with Gasteiger partial charge in [0.15, 0.2) is 5.66 Å². The molecule has 1 aromatic heterocycles. The molecule has 1 heterocycles. The van der Waals surface area contributed by atoms with Crippen LogP contribution in [0.25, 0.3) is 16.6 Å². The summed E-state index contributed by atoms with van der Waals surface area (Å²) in [7, 11) is 4.93. The number of fused-ring (bicyclic) bond motifs is 1. The highest BCUT2D eigenvalue weighted by Gasteiger charge is 2.53. The molecule has 28 heavy (non-hydrogen) atoms. The van der Waals surface area contributed by atoms with E-state index in [-0.39, 0.29) is 5.82 Å². The first-order valence-electron chi connectivity index (χ1n) is 8.87. The zero-order valence-corrected chi connectivity index (χ0v) is 16.2. The molecule has 0 saturated carbocycles. The summed E-state index contributed by atoms with van der Waals surface area (Å²) in [6, 6.07) is 11.7. The fourth-order valence-electron chi connectivity index (χ4n) is 3.73. The number of carboxylic acid groups (broad SMARTS) is 1. The topological polar surface area (TPSA) is 91.2 Å². The van der Waals surface area contributed by atoms with E-state index in [4.69, 9.17) is 0 Å². The SMILES string of the molecule is CNC(NC)(C(=O)O)C(C)(NC)c1ccc2c(cnn2-c2ccc(F)cc2)c1. The predicted octanol–water partition coefficient (Wildman–Crippen LogP) is 1.82. The molecule has 0 aliphatic rings. The second-order valence-electron chi connectivity index (χ2n) is 6.74. The van der Waals surface area contributed by atoms with Crippen LogP contribution in [0.2, 0.25) is 0 Å². The number of halogens is 1. The largest absolute Gasteiger partial charge is 0.479 e. The maximum atomic E-state index is 13.2. The standard InChI is InChI=1S/C20H24FN5O2/c1-19(22-2,20(23-3,24-4)18(27)28)14-5-10-17-13(11-14)12-25-26(17)16-8-6-15(21)7-9-16/h5-12,22-24H,1-4H3,(H,27,28). The Bertz CT molecular complexity index is 998. The summed E-state index contributed by atoms with van der Waals surface area (Å²) in [5.41, 5.74) is -0.0709. The lowest BCUT2D eigenvalue weighted by Gasteiger charge is -2.45. The van der Waals surface area contributed by atoms with Crippen LogP contribution in [0.5, 0.6) is 0 Å². The molecule has 0 bridgehead atoms. The van der Waals surface area contributed by atoms with Gasteiger partial charge in [0.1, 0.15) is 5.82 Å². The molecule has 0 aliphatic heterocycles. The van der Waals surface area contributed by atoms with Crippen LogP contribution in [0.3, 0.4) is 0 Å². The summed E-state index contributed by atoms with van der Waals surface area (Å²) in [6.45, 7) is 1.82. The molecule has 4 N–H and O–H groups in total. The van der Waals surface area contributed by atoms with Gasteiger partial charge in [-0.3, -0.25) is 10.6 Å². The lowest BCUT2D eigenvalue weighted by atomic mass is 9.78. The maximum Gasteiger partial charge on any atom is 0.341 e. The third-order valence-corrected chi connectivity index (χ3v) is 5.54. The molecule has 0 aliphatic carbocycles. The molecule has 0 radical (unpaired) electrons. The Hall–Kier alpha value is -2.81. The second kappa shape index (κ2) is 7.31. The third-order valence-electron chi connectivity index (χ3n) is 5.54. The number of nitrogens with one attached hydrogen (secondary N) is 3. The van der Waals surface area contributed by atoms with Crippen LogP contribution in [0, 0.1) is 5.82 Å². The van der Waals surface area contributed by atoms with Crippen molar-refractivity contribution in [2.24, 2.45) is 0 Å². The lowest BCUT2D eigenvalue weighted by Crippen LogP contribution is -2.74. The van der Waals surface area contributed by atoms with E-state index in [0.29, 0.717) is 0 Å². The van der Waals surface area contributed by atoms with Gasteiger partial charge in [-0.25, -0.2) is 13.9 Å². The molecule has 1 unspecified atom stereocenters. The average molecular weight is 385 g/mol. The van der Waals surface area contributed by atoms with E-state index in [0.717, 1.165) is 22.2 Å². The smallest absolute Gasteiger partial charge is 0.341 e.